The summed E-state index contributed by atoms with van der Waals surface area (Å²) < 4.78 is 10.9. The summed E-state index contributed by atoms with van der Waals surface area (Å²) in [6.45, 7) is 3.76. The molecule has 2 N–H and O–H groups in total. The van der Waals surface area contributed by atoms with E-state index >= 15 is 0 Å². The van der Waals surface area contributed by atoms with Gasteiger partial charge in [0, 0.05) is 19.1 Å². The van der Waals surface area contributed by atoms with Gasteiger partial charge in [0.05, 0.1) is 20.1 Å². The van der Waals surface area contributed by atoms with Crippen LogP contribution < -0.4 is 15.2 Å². The zero-order valence-electron chi connectivity index (χ0n) is 12.1. The number of hydrogen-bond donors (Lipinski definition) is 1. The summed E-state index contributed by atoms with van der Waals surface area (Å²) in [5.41, 5.74) is 6.90. The van der Waals surface area contributed by atoms with E-state index < -0.39 is 0 Å². The fourth-order valence-electron chi connectivity index (χ4n) is 2.31. The first-order chi connectivity index (χ1) is 9.60. The van der Waals surface area contributed by atoms with Crippen LogP contribution in [0.5, 0.6) is 11.5 Å². The normalized spacial score (nSPS) is 18.1. The summed E-state index contributed by atoms with van der Waals surface area (Å²) in [5.74, 6) is 1.47. The number of carbonyl (C=O) groups excluding carboxylic acids is 1. The van der Waals surface area contributed by atoms with Crippen LogP contribution in [0.2, 0.25) is 0 Å². The molecule has 0 aliphatic carbocycles. The Morgan fingerprint density at radius 3 is 2.90 bits per heavy atom. The molecule has 20 heavy (non-hydrogen) atoms. The molecule has 1 aliphatic heterocycles. The molecular formula is C15H22N2O3. The van der Waals surface area contributed by atoms with E-state index in [-0.39, 0.29) is 11.9 Å². The Kier molecular flexibility index (Phi) is 4.84. The molecule has 1 aromatic carbocycles. The first-order valence-electron chi connectivity index (χ1n) is 6.91. The molecule has 1 saturated heterocycles. The lowest BCUT2D eigenvalue weighted by Gasteiger charge is -2.16. The van der Waals surface area contributed by atoms with Gasteiger partial charge in [-0.25, -0.2) is 0 Å². The highest BCUT2D eigenvalue weighted by Gasteiger charge is 2.23. The van der Waals surface area contributed by atoms with Crippen LogP contribution in [0.3, 0.4) is 0 Å². The highest BCUT2D eigenvalue weighted by atomic mass is 16.5. The molecule has 1 aromatic rings. The van der Waals surface area contributed by atoms with Gasteiger partial charge in [-0.3, -0.25) is 4.79 Å². The van der Waals surface area contributed by atoms with Gasteiger partial charge in [-0.2, -0.15) is 0 Å². The van der Waals surface area contributed by atoms with Crippen molar-refractivity contribution in [3.8, 4) is 11.5 Å². The maximum absolute atomic E-state index is 11.9. The molecule has 1 unspecified atom stereocenters. The zero-order chi connectivity index (χ0) is 14.5. The number of amides is 1. The molecule has 1 atom stereocenters. The largest absolute Gasteiger partial charge is 0.493 e. The third kappa shape index (κ3) is 3.63. The van der Waals surface area contributed by atoms with E-state index in [1.807, 2.05) is 25.1 Å². The van der Waals surface area contributed by atoms with Crippen molar-refractivity contribution in [2.75, 3.05) is 26.8 Å². The molecule has 0 bridgehead atoms. The standard InChI is InChI=1S/C15H22N2O3/c1-11-3-4-13(14(9-11)19-2)20-8-6-15(18)17-7-5-12(16)10-17/h3-4,9,12H,5-8,10,16H2,1-2H3. The van der Waals surface area contributed by atoms with Gasteiger partial charge in [0.1, 0.15) is 0 Å². The first kappa shape index (κ1) is 14.7. The number of methoxy groups -OCH3 is 1. The molecule has 0 spiro atoms. The van der Waals surface area contributed by atoms with Gasteiger partial charge < -0.3 is 20.1 Å². The number of nitrogens with zero attached hydrogens (tertiary/aromatic N) is 1. The lowest BCUT2D eigenvalue weighted by molar-refractivity contribution is -0.130. The second-order valence-corrected chi connectivity index (χ2v) is 5.14. The van der Waals surface area contributed by atoms with Gasteiger partial charge in [0.15, 0.2) is 11.5 Å². The van der Waals surface area contributed by atoms with Crippen LogP contribution in [-0.2, 0) is 4.79 Å². The van der Waals surface area contributed by atoms with Gasteiger partial charge in [0.25, 0.3) is 0 Å². The summed E-state index contributed by atoms with van der Waals surface area (Å²) in [5, 5.41) is 0. The zero-order valence-corrected chi connectivity index (χ0v) is 12.1. The van der Waals surface area contributed by atoms with E-state index in [0.717, 1.165) is 18.5 Å². The summed E-state index contributed by atoms with van der Waals surface area (Å²) in [7, 11) is 1.61. The van der Waals surface area contributed by atoms with Crippen LogP contribution >= 0.6 is 0 Å². The Balaban J connectivity index is 1.82. The van der Waals surface area contributed by atoms with Crippen molar-refractivity contribution in [3.05, 3.63) is 23.8 Å². The smallest absolute Gasteiger partial charge is 0.226 e. The van der Waals surface area contributed by atoms with E-state index in [1.54, 1.807) is 12.0 Å². The van der Waals surface area contributed by atoms with E-state index in [1.165, 1.54) is 0 Å². The maximum Gasteiger partial charge on any atom is 0.226 e. The van der Waals surface area contributed by atoms with Gasteiger partial charge in [-0.1, -0.05) is 6.07 Å². The third-order valence-corrected chi connectivity index (χ3v) is 3.47. The number of hydrogen-bond acceptors (Lipinski definition) is 4. The van der Waals surface area contributed by atoms with Crippen molar-refractivity contribution in [3.63, 3.8) is 0 Å². The van der Waals surface area contributed by atoms with Crippen LogP contribution in [0.15, 0.2) is 18.2 Å². The lowest BCUT2D eigenvalue weighted by atomic mass is 10.2. The van der Waals surface area contributed by atoms with Crippen LogP contribution in [0.25, 0.3) is 0 Å². The fraction of sp³-hybridized carbons (Fsp3) is 0.533. The molecule has 1 fully saturated rings. The highest BCUT2D eigenvalue weighted by Crippen LogP contribution is 2.27. The number of rotatable bonds is 5. The number of likely N-dealkylation sites (tertiary alicyclic amines) is 1. The summed E-state index contributed by atoms with van der Waals surface area (Å²) in [6, 6.07) is 5.86. The minimum atomic E-state index is 0.101. The number of aryl methyl sites for hydroxylation is 1. The molecule has 5 nitrogen and oxygen atoms in total. The lowest BCUT2D eigenvalue weighted by Crippen LogP contribution is -2.32. The van der Waals surface area contributed by atoms with Crippen LogP contribution in [0.1, 0.15) is 18.4 Å². The Bertz CT molecular complexity index is 476. The molecular weight excluding hydrogens is 256 g/mol. The van der Waals surface area contributed by atoms with Gasteiger partial charge in [0.2, 0.25) is 5.91 Å². The Morgan fingerprint density at radius 2 is 2.25 bits per heavy atom. The third-order valence-electron chi connectivity index (χ3n) is 3.47. The molecule has 1 amide bonds. The molecule has 1 aliphatic rings. The molecule has 2 rings (SSSR count). The van der Waals surface area contributed by atoms with E-state index in [4.69, 9.17) is 15.2 Å². The van der Waals surface area contributed by atoms with Gasteiger partial charge >= 0.3 is 0 Å². The van der Waals surface area contributed by atoms with Crippen molar-refractivity contribution in [1.82, 2.24) is 4.90 Å². The van der Waals surface area contributed by atoms with Gasteiger partial charge in [-0.05, 0) is 31.0 Å². The molecule has 110 valence electrons. The van der Waals surface area contributed by atoms with Crippen molar-refractivity contribution >= 4 is 5.91 Å². The minimum absolute atomic E-state index is 0.101. The van der Waals surface area contributed by atoms with E-state index in [9.17, 15) is 4.79 Å². The Hall–Kier alpha value is -1.75. The second kappa shape index (κ2) is 6.61. The molecule has 0 radical (unpaired) electrons. The van der Waals surface area contributed by atoms with E-state index in [0.29, 0.717) is 31.1 Å². The monoisotopic (exact) mass is 278 g/mol. The Morgan fingerprint density at radius 1 is 1.45 bits per heavy atom. The molecule has 1 heterocycles. The van der Waals surface area contributed by atoms with Crippen molar-refractivity contribution < 1.29 is 14.3 Å². The maximum atomic E-state index is 11.9. The number of benzene rings is 1. The van der Waals surface area contributed by atoms with Crippen LogP contribution in [-0.4, -0.2) is 43.7 Å². The predicted molar refractivity (Wildman–Crippen MR) is 77.0 cm³/mol. The topological polar surface area (TPSA) is 64.8 Å². The summed E-state index contributed by atoms with van der Waals surface area (Å²) >= 11 is 0. The summed E-state index contributed by atoms with van der Waals surface area (Å²) in [6.07, 6.45) is 1.25. The minimum Gasteiger partial charge on any atom is -0.493 e. The van der Waals surface area contributed by atoms with Crippen LogP contribution in [0.4, 0.5) is 0 Å². The number of nitrogens with two attached hydrogens (primary N) is 1. The number of carbonyl (C=O) groups is 1. The molecule has 0 aromatic heterocycles. The first-order valence-corrected chi connectivity index (χ1v) is 6.91. The average Bonchev–Trinajstić information content (AvgIpc) is 2.87. The summed E-state index contributed by atoms with van der Waals surface area (Å²) in [4.78, 5) is 13.8. The molecule has 5 heteroatoms. The second-order valence-electron chi connectivity index (χ2n) is 5.14. The average molecular weight is 278 g/mol. The SMILES string of the molecule is COc1cc(C)ccc1OCCC(=O)N1CCC(N)C1. The number of ether oxygens (including phenoxy) is 2. The van der Waals surface area contributed by atoms with Gasteiger partial charge in [-0.15, -0.1) is 0 Å². The quantitative estimate of drug-likeness (QED) is 0.882. The fourth-order valence-corrected chi connectivity index (χ4v) is 2.31. The van der Waals surface area contributed by atoms with Crippen molar-refractivity contribution in [1.29, 1.82) is 0 Å². The Labute approximate surface area is 119 Å². The predicted octanol–water partition coefficient (Wildman–Crippen LogP) is 1.33. The van der Waals surface area contributed by atoms with Crippen molar-refractivity contribution in [2.24, 2.45) is 5.73 Å². The van der Waals surface area contributed by atoms with Crippen molar-refractivity contribution in [2.45, 2.75) is 25.8 Å². The van der Waals surface area contributed by atoms with Crippen LogP contribution in [0, 0.1) is 6.92 Å². The van der Waals surface area contributed by atoms with E-state index in [2.05, 4.69) is 0 Å². The highest BCUT2D eigenvalue weighted by molar-refractivity contribution is 5.76. The molecule has 0 saturated carbocycles.